The summed E-state index contributed by atoms with van der Waals surface area (Å²) in [6.45, 7) is 2.37. The number of carbonyl (C=O) groups is 1. The SMILES string of the molecule is CC1CCN(C(=O)c2cc(C(F)(F)F)ccc2N)CC1O. The number of amides is 1. The Labute approximate surface area is 120 Å². The van der Waals surface area contributed by atoms with E-state index in [0.29, 0.717) is 13.0 Å². The molecule has 1 aliphatic heterocycles. The Morgan fingerprint density at radius 1 is 1.43 bits per heavy atom. The Balaban J connectivity index is 2.27. The van der Waals surface area contributed by atoms with E-state index in [-0.39, 0.29) is 23.7 Å². The Bertz CT molecular complexity index is 546. The number of alkyl halides is 3. The van der Waals surface area contributed by atoms with Gasteiger partial charge in [-0.25, -0.2) is 0 Å². The third-order valence-electron chi connectivity index (χ3n) is 3.82. The normalized spacial score (nSPS) is 23.2. The zero-order valence-corrected chi connectivity index (χ0v) is 11.5. The van der Waals surface area contributed by atoms with E-state index >= 15 is 0 Å². The lowest BCUT2D eigenvalue weighted by Crippen LogP contribution is -2.46. The van der Waals surface area contributed by atoms with Gasteiger partial charge in [-0.15, -0.1) is 0 Å². The van der Waals surface area contributed by atoms with Crippen LogP contribution in [0.5, 0.6) is 0 Å². The number of anilines is 1. The standard InChI is InChI=1S/C14H17F3N2O2/c1-8-4-5-19(7-12(8)20)13(21)10-6-9(14(15,16)17)2-3-11(10)18/h2-3,6,8,12,20H,4-5,7,18H2,1H3. The molecule has 21 heavy (non-hydrogen) atoms. The number of carbonyl (C=O) groups excluding carboxylic acids is 1. The lowest BCUT2D eigenvalue weighted by atomic mass is 9.95. The lowest BCUT2D eigenvalue weighted by Gasteiger charge is -2.34. The van der Waals surface area contributed by atoms with E-state index < -0.39 is 23.8 Å². The largest absolute Gasteiger partial charge is 0.416 e. The molecule has 0 radical (unpaired) electrons. The number of β-amino-alcohol motifs (C(OH)–C–C–N with tert-alkyl or cyclic N) is 1. The van der Waals surface area contributed by atoms with Crippen LogP contribution in [0.25, 0.3) is 0 Å². The van der Waals surface area contributed by atoms with E-state index in [0.717, 1.165) is 18.2 Å². The third-order valence-corrected chi connectivity index (χ3v) is 3.82. The maximum absolute atomic E-state index is 12.7. The molecule has 0 spiro atoms. The highest BCUT2D eigenvalue weighted by atomic mass is 19.4. The summed E-state index contributed by atoms with van der Waals surface area (Å²) in [6.07, 6.45) is -4.60. The summed E-state index contributed by atoms with van der Waals surface area (Å²) in [5.41, 5.74) is 4.54. The van der Waals surface area contributed by atoms with Crippen LogP contribution in [0.15, 0.2) is 18.2 Å². The predicted octanol–water partition coefficient (Wildman–Crippen LogP) is 2.13. The van der Waals surface area contributed by atoms with Crippen molar-refractivity contribution in [2.75, 3.05) is 18.8 Å². The number of nitrogens with two attached hydrogens (primary N) is 1. The molecule has 2 rings (SSSR count). The minimum atomic E-state index is -4.53. The number of halogens is 3. The summed E-state index contributed by atoms with van der Waals surface area (Å²) in [4.78, 5) is 13.7. The monoisotopic (exact) mass is 302 g/mol. The van der Waals surface area contributed by atoms with E-state index in [2.05, 4.69) is 0 Å². The first kappa shape index (κ1) is 15.6. The van der Waals surface area contributed by atoms with E-state index in [1.54, 1.807) is 0 Å². The summed E-state index contributed by atoms with van der Waals surface area (Å²) in [5, 5.41) is 9.79. The van der Waals surface area contributed by atoms with Crippen molar-refractivity contribution in [3.63, 3.8) is 0 Å². The van der Waals surface area contributed by atoms with Crippen LogP contribution in [0, 0.1) is 5.92 Å². The summed E-state index contributed by atoms with van der Waals surface area (Å²) < 4.78 is 38.1. The van der Waals surface area contributed by atoms with Crippen LogP contribution in [-0.4, -0.2) is 35.1 Å². The minimum Gasteiger partial charge on any atom is -0.398 e. The van der Waals surface area contributed by atoms with Gasteiger partial charge in [0.25, 0.3) is 5.91 Å². The maximum Gasteiger partial charge on any atom is 0.416 e. The van der Waals surface area contributed by atoms with Crippen LogP contribution in [0.2, 0.25) is 0 Å². The van der Waals surface area contributed by atoms with Crippen molar-refractivity contribution in [3.8, 4) is 0 Å². The second-order valence-electron chi connectivity index (χ2n) is 5.38. The van der Waals surface area contributed by atoms with Gasteiger partial charge in [0.1, 0.15) is 0 Å². The van der Waals surface area contributed by atoms with Gasteiger partial charge in [-0.05, 0) is 30.5 Å². The predicted molar refractivity (Wildman–Crippen MR) is 71.5 cm³/mol. The number of hydrogen-bond donors (Lipinski definition) is 2. The van der Waals surface area contributed by atoms with Crippen molar-refractivity contribution in [2.24, 2.45) is 5.92 Å². The van der Waals surface area contributed by atoms with Crippen molar-refractivity contribution >= 4 is 11.6 Å². The number of benzene rings is 1. The fraction of sp³-hybridized carbons (Fsp3) is 0.500. The van der Waals surface area contributed by atoms with Gasteiger partial charge in [0.05, 0.1) is 17.2 Å². The average molecular weight is 302 g/mol. The minimum absolute atomic E-state index is 0.00103. The van der Waals surface area contributed by atoms with E-state index in [1.165, 1.54) is 4.90 Å². The van der Waals surface area contributed by atoms with Gasteiger partial charge in [-0.2, -0.15) is 13.2 Å². The molecular weight excluding hydrogens is 285 g/mol. The fourth-order valence-electron chi connectivity index (χ4n) is 2.32. The Hall–Kier alpha value is -1.76. The number of aliphatic hydroxyl groups is 1. The lowest BCUT2D eigenvalue weighted by molar-refractivity contribution is -0.137. The first-order valence-electron chi connectivity index (χ1n) is 6.64. The molecule has 116 valence electrons. The Morgan fingerprint density at radius 3 is 2.67 bits per heavy atom. The van der Waals surface area contributed by atoms with E-state index in [9.17, 15) is 23.1 Å². The first-order valence-corrected chi connectivity index (χ1v) is 6.64. The molecule has 4 nitrogen and oxygen atoms in total. The third kappa shape index (κ3) is 3.29. The molecule has 2 atom stereocenters. The number of likely N-dealkylation sites (tertiary alicyclic amines) is 1. The van der Waals surface area contributed by atoms with E-state index in [4.69, 9.17) is 5.73 Å². The van der Waals surface area contributed by atoms with Gasteiger partial charge < -0.3 is 15.7 Å². The van der Waals surface area contributed by atoms with Crippen molar-refractivity contribution in [3.05, 3.63) is 29.3 Å². The molecular formula is C14H17F3N2O2. The summed E-state index contributed by atoms with van der Waals surface area (Å²) >= 11 is 0. The van der Waals surface area contributed by atoms with Gasteiger partial charge in [0.2, 0.25) is 0 Å². The molecule has 0 saturated carbocycles. The molecule has 1 aromatic rings. The topological polar surface area (TPSA) is 66.6 Å². The van der Waals surface area contributed by atoms with Gasteiger partial charge >= 0.3 is 6.18 Å². The summed E-state index contributed by atoms with van der Waals surface area (Å²) in [7, 11) is 0. The van der Waals surface area contributed by atoms with Crippen LogP contribution in [-0.2, 0) is 6.18 Å². The van der Waals surface area contributed by atoms with Crippen LogP contribution < -0.4 is 5.73 Å². The molecule has 1 fully saturated rings. The number of aliphatic hydroxyl groups excluding tert-OH is 1. The molecule has 1 aromatic carbocycles. The quantitative estimate of drug-likeness (QED) is 0.781. The maximum atomic E-state index is 12.7. The van der Waals surface area contributed by atoms with Crippen molar-refractivity contribution in [2.45, 2.75) is 25.6 Å². The molecule has 1 amide bonds. The molecule has 0 bridgehead atoms. The summed E-state index contributed by atoms with van der Waals surface area (Å²) in [5.74, 6) is -0.516. The van der Waals surface area contributed by atoms with Gasteiger partial charge in [-0.3, -0.25) is 4.79 Å². The molecule has 1 heterocycles. The van der Waals surface area contributed by atoms with Gasteiger partial charge in [0.15, 0.2) is 0 Å². The van der Waals surface area contributed by atoms with Crippen molar-refractivity contribution in [1.29, 1.82) is 0 Å². The smallest absolute Gasteiger partial charge is 0.398 e. The number of rotatable bonds is 1. The molecule has 3 N–H and O–H groups in total. The van der Waals surface area contributed by atoms with Crippen LogP contribution in [0.1, 0.15) is 29.3 Å². The number of nitrogens with zero attached hydrogens (tertiary/aromatic N) is 1. The van der Waals surface area contributed by atoms with Crippen molar-refractivity contribution in [1.82, 2.24) is 4.90 Å². The van der Waals surface area contributed by atoms with Gasteiger partial charge in [0, 0.05) is 18.8 Å². The highest BCUT2D eigenvalue weighted by molar-refractivity contribution is 5.99. The molecule has 1 aliphatic rings. The molecule has 0 aliphatic carbocycles. The average Bonchev–Trinajstić information content (AvgIpc) is 2.40. The molecule has 2 unspecified atom stereocenters. The van der Waals surface area contributed by atoms with Crippen LogP contribution >= 0.6 is 0 Å². The number of hydrogen-bond acceptors (Lipinski definition) is 3. The Morgan fingerprint density at radius 2 is 2.10 bits per heavy atom. The highest BCUT2D eigenvalue weighted by Gasteiger charge is 2.33. The van der Waals surface area contributed by atoms with Crippen LogP contribution in [0.4, 0.5) is 18.9 Å². The number of nitrogen functional groups attached to an aromatic ring is 1. The van der Waals surface area contributed by atoms with Crippen molar-refractivity contribution < 1.29 is 23.1 Å². The molecule has 1 saturated heterocycles. The van der Waals surface area contributed by atoms with Gasteiger partial charge in [-0.1, -0.05) is 6.92 Å². The second-order valence-corrected chi connectivity index (χ2v) is 5.38. The fourth-order valence-corrected chi connectivity index (χ4v) is 2.32. The molecule has 7 heteroatoms. The summed E-state index contributed by atoms with van der Waals surface area (Å²) in [6, 6.07) is 2.69. The highest BCUT2D eigenvalue weighted by Crippen LogP contribution is 2.32. The van der Waals surface area contributed by atoms with E-state index in [1.807, 2.05) is 6.92 Å². The second kappa shape index (κ2) is 5.55. The van der Waals surface area contributed by atoms with Crippen LogP contribution in [0.3, 0.4) is 0 Å². The first-order chi connectivity index (χ1) is 9.70. The molecule has 0 aromatic heterocycles. The Kier molecular flexibility index (Phi) is 4.13. The zero-order valence-electron chi connectivity index (χ0n) is 11.5. The zero-order chi connectivity index (χ0) is 15.8. The number of piperidine rings is 1.